The molecule has 0 saturated heterocycles. The summed E-state index contributed by atoms with van der Waals surface area (Å²) >= 11 is 5.32. The maximum atomic E-state index is 5.88. The van der Waals surface area contributed by atoms with E-state index in [1.54, 1.807) is 13.3 Å². The third kappa shape index (κ3) is 6.23. The Morgan fingerprint density at radius 3 is 2.64 bits per heavy atom. The predicted octanol–water partition coefficient (Wildman–Crippen LogP) is 4.40. The second-order valence-corrected chi connectivity index (χ2v) is 7.27. The van der Waals surface area contributed by atoms with E-state index in [2.05, 4.69) is 15.8 Å². The lowest BCUT2D eigenvalue weighted by molar-refractivity contribution is 0.284. The third-order valence-electron chi connectivity index (χ3n) is 4.74. The van der Waals surface area contributed by atoms with Crippen LogP contribution in [0.25, 0.3) is 0 Å². The van der Waals surface area contributed by atoms with Gasteiger partial charge in [-0.1, -0.05) is 49.6 Å². The van der Waals surface area contributed by atoms with Gasteiger partial charge in [-0.25, -0.2) is 0 Å². The molecule has 3 rings (SSSR count). The van der Waals surface area contributed by atoms with Gasteiger partial charge in [0.25, 0.3) is 0 Å². The van der Waals surface area contributed by atoms with Gasteiger partial charge in [0.05, 0.1) is 13.3 Å². The standard InChI is InChI=1S/C22H27N3O2S/c1-26-21-14-18(12-13-20(21)27-16-17-8-4-2-5-9-17)15-23-25-22(28)24-19-10-6-3-7-11-19/h2,4-5,8-9,12-15,19H,3,6-7,10-11,16H2,1H3,(H2,24,25,28). The van der Waals surface area contributed by atoms with Crippen LogP contribution in [0.3, 0.4) is 0 Å². The average Bonchev–Trinajstić information content (AvgIpc) is 2.74. The summed E-state index contributed by atoms with van der Waals surface area (Å²) < 4.78 is 11.3. The van der Waals surface area contributed by atoms with Gasteiger partial charge in [-0.15, -0.1) is 0 Å². The van der Waals surface area contributed by atoms with Crippen molar-refractivity contribution in [3.63, 3.8) is 0 Å². The molecule has 0 unspecified atom stereocenters. The SMILES string of the molecule is COc1cc(C=NNC(=S)NC2CCCCC2)ccc1OCc1ccccc1. The van der Waals surface area contributed by atoms with Gasteiger partial charge in [-0.2, -0.15) is 5.10 Å². The van der Waals surface area contributed by atoms with Crippen molar-refractivity contribution in [1.82, 2.24) is 10.7 Å². The zero-order chi connectivity index (χ0) is 19.6. The largest absolute Gasteiger partial charge is 0.493 e. The molecule has 0 aliphatic heterocycles. The monoisotopic (exact) mass is 397 g/mol. The van der Waals surface area contributed by atoms with Crippen LogP contribution in [0.2, 0.25) is 0 Å². The summed E-state index contributed by atoms with van der Waals surface area (Å²) in [6.07, 6.45) is 7.92. The Labute approximate surface area is 172 Å². The Hall–Kier alpha value is -2.60. The van der Waals surface area contributed by atoms with E-state index in [0.29, 0.717) is 29.3 Å². The van der Waals surface area contributed by atoms with E-state index in [1.165, 1.54) is 32.1 Å². The van der Waals surface area contributed by atoms with Crippen LogP contribution in [-0.4, -0.2) is 24.5 Å². The Kier molecular flexibility index (Phi) is 7.67. The van der Waals surface area contributed by atoms with Crippen LogP contribution in [0.1, 0.15) is 43.2 Å². The highest BCUT2D eigenvalue weighted by atomic mass is 32.1. The minimum atomic E-state index is 0.463. The molecule has 1 saturated carbocycles. The second kappa shape index (κ2) is 10.7. The molecule has 2 N–H and O–H groups in total. The Bertz CT molecular complexity index is 790. The molecular weight excluding hydrogens is 370 g/mol. The Morgan fingerprint density at radius 1 is 1.11 bits per heavy atom. The minimum absolute atomic E-state index is 0.463. The van der Waals surface area contributed by atoms with Gasteiger partial charge in [-0.05, 0) is 54.4 Å². The fourth-order valence-electron chi connectivity index (χ4n) is 3.25. The molecule has 2 aromatic carbocycles. The molecule has 0 spiro atoms. The number of hydrogen-bond acceptors (Lipinski definition) is 4. The van der Waals surface area contributed by atoms with E-state index in [0.717, 1.165) is 11.1 Å². The highest BCUT2D eigenvalue weighted by molar-refractivity contribution is 7.80. The zero-order valence-corrected chi connectivity index (χ0v) is 17.0. The van der Waals surface area contributed by atoms with Crippen LogP contribution in [0, 0.1) is 0 Å². The zero-order valence-electron chi connectivity index (χ0n) is 16.2. The van der Waals surface area contributed by atoms with E-state index in [-0.39, 0.29) is 0 Å². The summed E-state index contributed by atoms with van der Waals surface area (Å²) in [5, 5.41) is 8.13. The number of thiocarbonyl (C=S) groups is 1. The van der Waals surface area contributed by atoms with Gasteiger partial charge in [0, 0.05) is 6.04 Å². The first-order chi connectivity index (χ1) is 13.7. The average molecular weight is 398 g/mol. The summed E-state index contributed by atoms with van der Waals surface area (Å²) in [4.78, 5) is 0. The summed E-state index contributed by atoms with van der Waals surface area (Å²) in [6, 6.07) is 16.2. The van der Waals surface area contributed by atoms with Crippen molar-refractivity contribution in [2.24, 2.45) is 5.10 Å². The van der Waals surface area contributed by atoms with Crippen molar-refractivity contribution in [1.29, 1.82) is 0 Å². The maximum Gasteiger partial charge on any atom is 0.187 e. The number of benzene rings is 2. The van der Waals surface area contributed by atoms with Crippen molar-refractivity contribution in [3.05, 3.63) is 59.7 Å². The van der Waals surface area contributed by atoms with Gasteiger partial charge in [0.15, 0.2) is 16.6 Å². The Morgan fingerprint density at radius 2 is 1.89 bits per heavy atom. The summed E-state index contributed by atoms with van der Waals surface area (Å²) in [5.41, 5.74) is 4.90. The molecule has 0 amide bonds. The van der Waals surface area contributed by atoms with E-state index < -0.39 is 0 Å². The van der Waals surface area contributed by atoms with Crippen LogP contribution < -0.4 is 20.2 Å². The lowest BCUT2D eigenvalue weighted by Gasteiger charge is -2.23. The fraction of sp³-hybridized carbons (Fsp3) is 0.364. The molecule has 1 aliphatic carbocycles. The number of nitrogens with zero attached hydrogens (tertiary/aromatic N) is 1. The number of methoxy groups -OCH3 is 1. The molecule has 0 aromatic heterocycles. The molecule has 148 valence electrons. The molecule has 0 heterocycles. The van der Waals surface area contributed by atoms with Crippen LogP contribution in [0.5, 0.6) is 11.5 Å². The number of ether oxygens (including phenoxy) is 2. The molecule has 0 atom stereocenters. The minimum Gasteiger partial charge on any atom is -0.493 e. The van der Waals surface area contributed by atoms with E-state index >= 15 is 0 Å². The van der Waals surface area contributed by atoms with Gasteiger partial charge in [0.1, 0.15) is 6.61 Å². The molecule has 28 heavy (non-hydrogen) atoms. The number of hydrogen-bond donors (Lipinski definition) is 2. The van der Waals surface area contributed by atoms with E-state index in [1.807, 2.05) is 48.5 Å². The summed E-state index contributed by atoms with van der Waals surface area (Å²) in [7, 11) is 1.63. The van der Waals surface area contributed by atoms with Crippen molar-refractivity contribution < 1.29 is 9.47 Å². The Balaban J connectivity index is 1.52. The molecule has 0 radical (unpaired) electrons. The second-order valence-electron chi connectivity index (χ2n) is 6.86. The first-order valence-electron chi connectivity index (χ1n) is 9.69. The van der Waals surface area contributed by atoms with Crippen LogP contribution in [0.4, 0.5) is 0 Å². The molecule has 1 aliphatic rings. The van der Waals surface area contributed by atoms with Crippen molar-refractivity contribution >= 4 is 23.5 Å². The van der Waals surface area contributed by atoms with Crippen molar-refractivity contribution in [2.75, 3.05) is 7.11 Å². The van der Waals surface area contributed by atoms with Crippen LogP contribution in [0.15, 0.2) is 53.6 Å². The molecule has 6 heteroatoms. The van der Waals surface area contributed by atoms with Gasteiger partial charge < -0.3 is 14.8 Å². The van der Waals surface area contributed by atoms with Crippen molar-refractivity contribution in [2.45, 2.75) is 44.8 Å². The molecule has 0 bridgehead atoms. The first kappa shape index (κ1) is 20.1. The van der Waals surface area contributed by atoms with Gasteiger partial charge in [-0.3, -0.25) is 5.43 Å². The lowest BCUT2D eigenvalue weighted by atomic mass is 9.96. The highest BCUT2D eigenvalue weighted by Gasteiger charge is 2.13. The van der Waals surface area contributed by atoms with Gasteiger partial charge in [0.2, 0.25) is 0 Å². The normalized spacial score (nSPS) is 14.6. The first-order valence-corrected chi connectivity index (χ1v) is 10.1. The molecule has 1 fully saturated rings. The summed E-state index contributed by atoms with van der Waals surface area (Å²) in [5.74, 6) is 1.37. The van der Waals surface area contributed by atoms with Crippen molar-refractivity contribution in [3.8, 4) is 11.5 Å². The predicted molar refractivity (Wildman–Crippen MR) is 117 cm³/mol. The van der Waals surface area contributed by atoms with Crippen LogP contribution in [-0.2, 0) is 6.61 Å². The number of nitrogens with one attached hydrogen (secondary N) is 2. The number of hydrazone groups is 1. The summed E-state index contributed by atoms with van der Waals surface area (Å²) in [6.45, 7) is 0.493. The van der Waals surface area contributed by atoms with Gasteiger partial charge >= 0.3 is 0 Å². The van der Waals surface area contributed by atoms with E-state index in [4.69, 9.17) is 21.7 Å². The maximum absolute atomic E-state index is 5.88. The van der Waals surface area contributed by atoms with E-state index in [9.17, 15) is 0 Å². The topological polar surface area (TPSA) is 54.9 Å². The quantitative estimate of drug-likeness (QED) is 0.412. The number of rotatable bonds is 7. The molecular formula is C22H27N3O2S. The van der Waals surface area contributed by atoms with Crippen LogP contribution >= 0.6 is 12.2 Å². The smallest absolute Gasteiger partial charge is 0.187 e. The fourth-order valence-corrected chi connectivity index (χ4v) is 3.47. The molecule has 2 aromatic rings. The lowest BCUT2D eigenvalue weighted by Crippen LogP contribution is -2.40. The third-order valence-corrected chi connectivity index (χ3v) is 4.95. The molecule has 5 nitrogen and oxygen atoms in total. The highest BCUT2D eigenvalue weighted by Crippen LogP contribution is 2.28.